The number of hydrogen-bond donors (Lipinski definition) is 1. The van der Waals surface area contributed by atoms with E-state index in [1.165, 1.54) is 0 Å². The highest BCUT2D eigenvalue weighted by Crippen LogP contribution is 2.36. The number of nitrogens with zero attached hydrogens (tertiary/aromatic N) is 3. The first-order chi connectivity index (χ1) is 15.5. The number of amides is 1. The number of benzene rings is 2. The lowest BCUT2D eigenvalue weighted by atomic mass is 10.1. The summed E-state index contributed by atoms with van der Waals surface area (Å²) in [5.41, 5.74) is 4.68. The van der Waals surface area contributed by atoms with Gasteiger partial charge in [0.2, 0.25) is 0 Å². The van der Waals surface area contributed by atoms with Crippen LogP contribution in [0.1, 0.15) is 10.4 Å². The normalized spacial score (nSPS) is 12.6. The average Bonchev–Trinajstić information content (AvgIpc) is 3.16. The van der Waals surface area contributed by atoms with E-state index in [4.69, 9.17) is 9.47 Å². The predicted octanol–water partition coefficient (Wildman–Crippen LogP) is 4.46. The molecule has 0 saturated carbocycles. The van der Waals surface area contributed by atoms with Gasteiger partial charge >= 0.3 is 0 Å². The zero-order valence-corrected chi connectivity index (χ0v) is 18.3. The van der Waals surface area contributed by atoms with Crippen LogP contribution in [0.3, 0.4) is 0 Å². The number of nitrogens with one attached hydrogen (secondary N) is 1. The third kappa shape index (κ3) is 3.51. The molecule has 1 aliphatic heterocycles. The summed E-state index contributed by atoms with van der Waals surface area (Å²) in [7, 11) is 5.54. The fourth-order valence-corrected chi connectivity index (χ4v) is 3.94. The molecule has 4 aromatic rings. The molecule has 2 aromatic carbocycles. The van der Waals surface area contributed by atoms with Gasteiger partial charge in [-0.25, -0.2) is 4.98 Å². The largest absolute Gasteiger partial charge is 0.486 e. The van der Waals surface area contributed by atoms with Crippen LogP contribution in [0.2, 0.25) is 0 Å². The second-order valence-electron chi connectivity index (χ2n) is 7.94. The van der Waals surface area contributed by atoms with Crippen LogP contribution in [-0.2, 0) is 7.05 Å². The zero-order chi connectivity index (χ0) is 22.2. The maximum Gasteiger partial charge on any atom is 0.253 e. The number of pyridine rings is 1. The van der Waals surface area contributed by atoms with Crippen LogP contribution in [0.5, 0.6) is 11.5 Å². The van der Waals surface area contributed by atoms with Crippen LogP contribution in [0.4, 0.5) is 11.5 Å². The number of rotatable bonds is 4. The van der Waals surface area contributed by atoms with E-state index in [2.05, 4.69) is 20.9 Å². The van der Waals surface area contributed by atoms with E-state index in [0.29, 0.717) is 18.8 Å². The summed E-state index contributed by atoms with van der Waals surface area (Å²) in [6.07, 6.45) is 1.80. The molecule has 7 nitrogen and oxygen atoms in total. The molecule has 2 aromatic heterocycles. The van der Waals surface area contributed by atoms with Gasteiger partial charge in [-0.15, -0.1) is 0 Å². The Morgan fingerprint density at radius 2 is 1.75 bits per heavy atom. The first-order valence-electron chi connectivity index (χ1n) is 10.4. The Morgan fingerprint density at radius 3 is 2.50 bits per heavy atom. The smallest absolute Gasteiger partial charge is 0.253 e. The molecule has 7 heteroatoms. The van der Waals surface area contributed by atoms with Gasteiger partial charge in [-0.05, 0) is 42.0 Å². The maximum atomic E-state index is 12.2. The molecule has 1 N–H and O–H groups in total. The van der Waals surface area contributed by atoms with E-state index in [-0.39, 0.29) is 5.91 Å². The fourth-order valence-electron chi connectivity index (χ4n) is 3.94. The minimum Gasteiger partial charge on any atom is -0.486 e. The van der Waals surface area contributed by atoms with Gasteiger partial charge in [-0.1, -0.05) is 12.1 Å². The standard InChI is InChI=1S/C25H24N4O3/c1-28(2)25(30)17-6-4-16(5-7-17)21-15-19-20(29(21)3)10-11-26-24(19)27-18-8-9-22-23(14-18)32-13-12-31-22/h4-11,14-15H,12-13H2,1-3H3,(H,26,27). The molecule has 0 fully saturated rings. The second kappa shape index (κ2) is 7.92. The molecular formula is C25H24N4O3. The number of aryl methyl sites for hydroxylation is 1. The minimum absolute atomic E-state index is 0.0105. The number of fused-ring (bicyclic) bond motifs is 2. The Bertz CT molecular complexity index is 1310. The molecule has 162 valence electrons. The molecule has 0 spiro atoms. The van der Waals surface area contributed by atoms with E-state index in [0.717, 1.165) is 45.2 Å². The van der Waals surface area contributed by atoms with E-state index in [1.807, 2.05) is 55.6 Å². The van der Waals surface area contributed by atoms with E-state index in [1.54, 1.807) is 25.2 Å². The van der Waals surface area contributed by atoms with Crippen molar-refractivity contribution in [3.63, 3.8) is 0 Å². The Hall–Kier alpha value is -4.00. The number of ether oxygens (including phenoxy) is 2. The van der Waals surface area contributed by atoms with Gasteiger partial charge in [-0.3, -0.25) is 4.79 Å². The van der Waals surface area contributed by atoms with Gasteiger partial charge in [-0.2, -0.15) is 0 Å². The number of hydrogen-bond acceptors (Lipinski definition) is 5. The molecule has 0 unspecified atom stereocenters. The van der Waals surface area contributed by atoms with Crippen molar-refractivity contribution < 1.29 is 14.3 Å². The van der Waals surface area contributed by atoms with E-state index in [9.17, 15) is 4.79 Å². The zero-order valence-electron chi connectivity index (χ0n) is 18.3. The highest BCUT2D eigenvalue weighted by Gasteiger charge is 2.15. The van der Waals surface area contributed by atoms with Gasteiger partial charge in [0.15, 0.2) is 11.5 Å². The molecule has 0 bridgehead atoms. The topological polar surface area (TPSA) is 68.6 Å². The van der Waals surface area contributed by atoms with E-state index >= 15 is 0 Å². The highest BCUT2D eigenvalue weighted by atomic mass is 16.6. The first-order valence-corrected chi connectivity index (χ1v) is 10.4. The molecule has 3 heterocycles. The fraction of sp³-hybridized carbons (Fsp3) is 0.200. The second-order valence-corrected chi connectivity index (χ2v) is 7.94. The monoisotopic (exact) mass is 428 g/mol. The van der Waals surface area contributed by atoms with Gasteiger partial charge < -0.3 is 24.3 Å². The summed E-state index contributed by atoms with van der Waals surface area (Å²) in [6, 6.07) is 17.6. The van der Waals surface area contributed by atoms with Crippen molar-refractivity contribution in [2.45, 2.75) is 0 Å². The minimum atomic E-state index is -0.0105. The van der Waals surface area contributed by atoms with Gasteiger partial charge in [0.05, 0.1) is 5.52 Å². The average molecular weight is 428 g/mol. The number of anilines is 2. The Labute approximate surface area is 186 Å². The van der Waals surface area contributed by atoms with Crippen LogP contribution in [0.25, 0.3) is 22.2 Å². The maximum absolute atomic E-state index is 12.2. The summed E-state index contributed by atoms with van der Waals surface area (Å²) in [5.74, 6) is 2.24. The van der Waals surface area contributed by atoms with Crippen LogP contribution >= 0.6 is 0 Å². The third-order valence-corrected chi connectivity index (χ3v) is 5.61. The lowest BCUT2D eigenvalue weighted by molar-refractivity contribution is 0.0827. The highest BCUT2D eigenvalue weighted by molar-refractivity contribution is 5.97. The quantitative estimate of drug-likeness (QED) is 0.520. The molecule has 0 radical (unpaired) electrons. The van der Waals surface area contributed by atoms with Crippen LogP contribution < -0.4 is 14.8 Å². The summed E-state index contributed by atoms with van der Waals surface area (Å²) in [5, 5.41) is 4.42. The summed E-state index contributed by atoms with van der Waals surface area (Å²) >= 11 is 0. The van der Waals surface area contributed by atoms with Crippen molar-refractivity contribution in [1.29, 1.82) is 0 Å². The van der Waals surface area contributed by atoms with Crippen LogP contribution in [0, 0.1) is 0 Å². The van der Waals surface area contributed by atoms with Crippen molar-refractivity contribution in [3.05, 3.63) is 66.4 Å². The predicted molar refractivity (Wildman–Crippen MR) is 125 cm³/mol. The molecule has 0 saturated heterocycles. The van der Waals surface area contributed by atoms with Crippen molar-refractivity contribution in [2.24, 2.45) is 7.05 Å². The molecule has 0 atom stereocenters. The number of carbonyl (C=O) groups is 1. The summed E-state index contributed by atoms with van der Waals surface area (Å²) in [6.45, 7) is 1.11. The SMILES string of the molecule is CN(C)C(=O)c1ccc(-c2cc3c(Nc4ccc5c(c4)OCCO5)nccc3n2C)cc1. The van der Waals surface area contributed by atoms with Gasteiger partial charge in [0, 0.05) is 55.7 Å². The van der Waals surface area contributed by atoms with Gasteiger partial charge in [0.1, 0.15) is 19.0 Å². The number of aromatic nitrogens is 2. The van der Waals surface area contributed by atoms with Crippen LogP contribution in [-0.4, -0.2) is 47.7 Å². The van der Waals surface area contributed by atoms with Crippen molar-refractivity contribution in [3.8, 4) is 22.8 Å². The van der Waals surface area contributed by atoms with Crippen LogP contribution in [0.15, 0.2) is 60.8 Å². The first kappa shape index (κ1) is 19.9. The van der Waals surface area contributed by atoms with Crippen molar-refractivity contribution in [1.82, 2.24) is 14.5 Å². The summed E-state index contributed by atoms with van der Waals surface area (Å²) in [4.78, 5) is 18.3. The molecule has 5 rings (SSSR count). The molecule has 0 aliphatic carbocycles. The molecule has 1 amide bonds. The lowest BCUT2D eigenvalue weighted by Gasteiger charge is -2.19. The Balaban J connectivity index is 1.49. The number of carbonyl (C=O) groups excluding carboxylic acids is 1. The Kier molecular flexibility index (Phi) is 4.93. The third-order valence-electron chi connectivity index (χ3n) is 5.61. The summed E-state index contributed by atoms with van der Waals surface area (Å²) < 4.78 is 13.4. The van der Waals surface area contributed by atoms with Crippen molar-refractivity contribution in [2.75, 3.05) is 32.6 Å². The van der Waals surface area contributed by atoms with Gasteiger partial charge in [0.25, 0.3) is 5.91 Å². The Morgan fingerprint density at radius 1 is 1.00 bits per heavy atom. The van der Waals surface area contributed by atoms with Crippen molar-refractivity contribution >= 4 is 28.3 Å². The molecule has 32 heavy (non-hydrogen) atoms. The molecular weight excluding hydrogens is 404 g/mol. The lowest BCUT2D eigenvalue weighted by Crippen LogP contribution is -2.21. The van der Waals surface area contributed by atoms with E-state index < -0.39 is 0 Å². The molecule has 1 aliphatic rings.